The molecular weight excluding hydrogens is 474 g/mol. The van der Waals surface area contributed by atoms with E-state index >= 15 is 0 Å². The Morgan fingerprint density at radius 1 is 1.24 bits per heavy atom. The van der Waals surface area contributed by atoms with Crippen LogP contribution in [0.25, 0.3) is 0 Å². The third-order valence-electron chi connectivity index (χ3n) is 8.55. The molecule has 0 aromatic heterocycles. The summed E-state index contributed by atoms with van der Waals surface area (Å²) in [7, 11) is 0. The average molecular weight is 510 g/mol. The largest absolute Gasteiger partial charge is 0.507 e. The Kier molecular flexibility index (Phi) is 6.11. The molecule has 0 radical (unpaired) electrons. The number of rotatable bonds is 8. The number of hydrogen-bond donors (Lipinski definition) is 1. The van der Waals surface area contributed by atoms with Crippen LogP contribution in [-0.4, -0.2) is 70.6 Å². The van der Waals surface area contributed by atoms with Crippen LogP contribution in [0, 0.1) is 11.8 Å². The van der Waals surface area contributed by atoms with Gasteiger partial charge in [0.15, 0.2) is 22.8 Å². The molecule has 37 heavy (non-hydrogen) atoms. The van der Waals surface area contributed by atoms with Crippen molar-refractivity contribution in [3.63, 3.8) is 0 Å². The number of esters is 1. The maximum absolute atomic E-state index is 13.9. The van der Waals surface area contributed by atoms with E-state index in [2.05, 4.69) is 0 Å². The van der Waals surface area contributed by atoms with E-state index in [-0.39, 0.29) is 60.1 Å². The zero-order valence-electron chi connectivity index (χ0n) is 22.1. The standard InChI is InChI=1S/C29H35NO7/c1-6-30(7-2)15-23(32)35-16-17(3)11-12-28-26(34)18-13-19-25(33)24-20(31)9-8-10-21(24)36-29(19,28)22(14-18)27(4,5)37-28/h8-11,13,18,22,31H,6-7,12,14-16H2,1-5H3/b17-11-/t18-,22+,28+,29-/m1/s1. The molecule has 5 aliphatic rings. The van der Waals surface area contributed by atoms with Crippen molar-refractivity contribution in [3.05, 3.63) is 47.1 Å². The lowest BCUT2D eigenvalue weighted by Crippen LogP contribution is -2.72. The second-order valence-corrected chi connectivity index (χ2v) is 11.1. The first-order chi connectivity index (χ1) is 17.5. The molecule has 3 aliphatic carbocycles. The van der Waals surface area contributed by atoms with Crippen molar-refractivity contribution in [2.75, 3.05) is 26.2 Å². The minimum absolute atomic E-state index is 0.0999. The van der Waals surface area contributed by atoms with Crippen LogP contribution in [0.3, 0.4) is 0 Å². The fourth-order valence-electron chi connectivity index (χ4n) is 6.72. The van der Waals surface area contributed by atoms with Crippen molar-refractivity contribution in [3.8, 4) is 11.5 Å². The molecule has 4 atom stereocenters. The van der Waals surface area contributed by atoms with E-state index in [1.807, 2.05) is 45.6 Å². The predicted molar refractivity (Wildman–Crippen MR) is 135 cm³/mol. The number of likely N-dealkylation sites (N-methyl/N-ethyl adjacent to an activating group) is 1. The van der Waals surface area contributed by atoms with Gasteiger partial charge in [0.05, 0.1) is 12.1 Å². The molecule has 0 unspecified atom stereocenters. The first-order valence-corrected chi connectivity index (χ1v) is 13.1. The SMILES string of the molecule is CCN(CC)CC(=O)OC/C(C)=C\C[C@@]12OC(C)(C)[C@@H]3C[C@@H](C=C4C(=O)c5c(O)cccc5O[C@]431)C2=O. The highest BCUT2D eigenvalue weighted by Gasteiger charge is 2.81. The van der Waals surface area contributed by atoms with Gasteiger partial charge in [0, 0.05) is 23.8 Å². The van der Waals surface area contributed by atoms with Crippen molar-refractivity contribution in [2.45, 2.75) is 64.3 Å². The number of hydrogen-bond acceptors (Lipinski definition) is 8. The average Bonchev–Trinajstić information content (AvgIpc) is 3.01. The molecule has 2 aliphatic heterocycles. The molecule has 8 nitrogen and oxygen atoms in total. The number of carbonyl (C=O) groups is 3. The minimum Gasteiger partial charge on any atom is -0.507 e. The number of carbonyl (C=O) groups excluding carboxylic acids is 3. The molecule has 1 saturated carbocycles. The molecule has 6 rings (SSSR count). The van der Waals surface area contributed by atoms with Crippen LogP contribution in [-0.2, 0) is 19.1 Å². The van der Waals surface area contributed by atoms with Gasteiger partial charge in [0.2, 0.25) is 0 Å². The van der Waals surface area contributed by atoms with Crippen LogP contribution in [0.2, 0.25) is 0 Å². The number of allylic oxidation sites excluding steroid dienone is 1. The maximum atomic E-state index is 13.9. The molecule has 0 amide bonds. The first kappa shape index (κ1) is 25.7. The van der Waals surface area contributed by atoms with Gasteiger partial charge in [-0.25, -0.2) is 0 Å². The Balaban J connectivity index is 1.48. The van der Waals surface area contributed by atoms with Gasteiger partial charge < -0.3 is 19.3 Å². The molecule has 1 aromatic rings. The van der Waals surface area contributed by atoms with E-state index in [4.69, 9.17) is 14.2 Å². The predicted octanol–water partition coefficient (Wildman–Crippen LogP) is 3.62. The number of benzene rings is 1. The van der Waals surface area contributed by atoms with Crippen molar-refractivity contribution >= 4 is 17.5 Å². The van der Waals surface area contributed by atoms with Crippen molar-refractivity contribution in [2.24, 2.45) is 11.8 Å². The van der Waals surface area contributed by atoms with Crippen molar-refractivity contribution in [1.29, 1.82) is 0 Å². The van der Waals surface area contributed by atoms with Gasteiger partial charge in [-0.05, 0) is 58.0 Å². The highest BCUT2D eigenvalue weighted by atomic mass is 16.6. The lowest BCUT2D eigenvalue weighted by atomic mass is 9.51. The Morgan fingerprint density at radius 2 is 1.97 bits per heavy atom. The van der Waals surface area contributed by atoms with Gasteiger partial charge >= 0.3 is 5.97 Å². The number of ether oxygens (including phenoxy) is 3. The van der Waals surface area contributed by atoms with Gasteiger partial charge in [0.25, 0.3) is 0 Å². The fraction of sp³-hybridized carbons (Fsp3) is 0.552. The summed E-state index contributed by atoms with van der Waals surface area (Å²) in [4.78, 5) is 41.9. The van der Waals surface area contributed by atoms with E-state index < -0.39 is 22.7 Å². The molecule has 1 aromatic carbocycles. The molecular formula is C29H35NO7. The van der Waals surface area contributed by atoms with Crippen LogP contribution in [0.5, 0.6) is 11.5 Å². The van der Waals surface area contributed by atoms with Gasteiger partial charge in [0.1, 0.15) is 23.7 Å². The number of fused-ring (bicyclic) bond motifs is 1. The number of aromatic hydroxyl groups is 1. The third kappa shape index (κ3) is 3.60. The Morgan fingerprint density at radius 3 is 2.68 bits per heavy atom. The summed E-state index contributed by atoms with van der Waals surface area (Å²) in [6.07, 6.45) is 4.30. The monoisotopic (exact) mass is 509 g/mol. The van der Waals surface area contributed by atoms with Gasteiger partial charge in [-0.3, -0.25) is 19.3 Å². The summed E-state index contributed by atoms with van der Waals surface area (Å²) in [6.45, 7) is 11.6. The minimum atomic E-state index is -1.40. The molecule has 4 bridgehead atoms. The highest BCUT2D eigenvalue weighted by molar-refractivity contribution is 6.18. The Labute approximate surface area is 217 Å². The quantitative estimate of drug-likeness (QED) is 0.419. The number of phenolic OH excluding ortho intramolecular Hbond substituents is 1. The first-order valence-electron chi connectivity index (χ1n) is 13.1. The summed E-state index contributed by atoms with van der Waals surface area (Å²) in [5.41, 5.74) is -2.13. The molecule has 1 N–H and O–H groups in total. The lowest BCUT2D eigenvalue weighted by Gasteiger charge is -2.56. The second kappa shape index (κ2) is 8.81. The Bertz CT molecular complexity index is 1230. The number of phenols is 1. The smallest absolute Gasteiger partial charge is 0.320 e. The molecule has 2 fully saturated rings. The zero-order valence-corrected chi connectivity index (χ0v) is 22.1. The van der Waals surface area contributed by atoms with Gasteiger partial charge in [-0.2, -0.15) is 0 Å². The molecule has 8 heteroatoms. The Hall–Kier alpha value is -2.97. The normalized spacial score (nSPS) is 31.1. The van der Waals surface area contributed by atoms with Crippen LogP contribution in [0.15, 0.2) is 41.5 Å². The third-order valence-corrected chi connectivity index (χ3v) is 8.55. The van der Waals surface area contributed by atoms with Crippen LogP contribution in [0.1, 0.15) is 57.8 Å². The van der Waals surface area contributed by atoms with E-state index in [0.717, 1.165) is 18.7 Å². The van der Waals surface area contributed by atoms with Crippen molar-refractivity contribution < 1.29 is 33.7 Å². The molecule has 1 saturated heterocycles. The number of ketones is 2. The highest BCUT2D eigenvalue weighted by Crippen LogP contribution is 2.67. The molecule has 2 heterocycles. The van der Waals surface area contributed by atoms with E-state index in [0.29, 0.717) is 12.0 Å². The van der Waals surface area contributed by atoms with E-state index in [1.54, 1.807) is 18.2 Å². The summed E-state index contributed by atoms with van der Waals surface area (Å²) in [5.74, 6) is -1.31. The van der Waals surface area contributed by atoms with Crippen LogP contribution in [0.4, 0.5) is 0 Å². The summed E-state index contributed by atoms with van der Waals surface area (Å²) < 4.78 is 18.7. The summed E-state index contributed by atoms with van der Waals surface area (Å²) >= 11 is 0. The zero-order chi connectivity index (χ0) is 26.8. The van der Waals surface area contributed by atoms with Gasteiger partial charge in [-0.15, -0.1) is 0 Å². The van der Waals surface area contributed by atoms with E-state index in [1.165, 1.54) is 6.07 Å². The van der Waals surface area contributed by atoms with Crippen molar-refractivity contribution in [1.82, 2.24) is 4.90 Å². The number of Topliss-reactive ketones (excluding diaryl/α,β-unsaturated/α-hetero) is 2. The molecule has 198 valence electrons. The topological polar surface area (TPSA) is 102 Å². The van der Waals surface area contributed by atoms with E-state index in [9.17, 15) is 19.5 Å². The fourth-order valence-corrected chi connectivity index (χ4v) is 6.72. The van der Waals surface area contributed by atoms with Crippen LogP contribution >= 0.6 is 0 Å². The van der Waals surface area contributed by atoms with Gasteiger partial charge in [-0.1, -0.05) is 32.1 Å². The summed E-state index contributed by atoms with van der Waals surface area (Å²) in [6, 6.07) is 4.74. The number of nitrogens with zero attached hydrogens (tertiary/aromatic N) is 1. The van der Waals surface area contributed by atoms with Crippen LogP contribution < -0.4 is 4.74 Å². The second-order valence-electron chi connectivity index (χ2n) is 11.1. The summed E-state index contributed by atoms with van der Waals surface area (Å²) in [5, 5.41) is 10.4. The maximum Gasteiger partial charge on any atom is 0.320 e. The molecule has 1 spiro atoms. The lowest BCUT2D eigenvalue weighted by molar-refractivity contribution is -0.171.